The third-order valence-corrected chi connectivity index (χ3v) is 3.38. The number of benzene rings is 1. The van der Waals surface area contributed by atoms with Gasteiger partial charge in [-0.3, -0.25) is 0 Å². The van der Waals surface area contributed by atoms with Gasteiger partial charge in [0, 0.05) is 23.9 Å². The fraction of sp³-hybridized carbons (Fsp3) is 0.286. The van der Waals surface area contributed by atoms with E-state index in [-0.39, 0.29) is 0 Å². The van der Waals surface area contributed by atoms with Crippen LogP contribution < -0.4 is 5.32 Å². The molecule has 3 nitrogen and oxygen atoms in total. The zero-order valence-electron chi connectivity index (χ0n) is 10.8. The van der Waals surface area contributed by atoms with Crippen molar-refractivity contribution in [2.24, 2.45) is 0 Å². The van der Waals surface area contributed by atoms with Gasteiger partial charge in [0.1, 0.15) is 16.7 Å². The highest BCUT2D eigenvalue weighted by Crippen LogP contribution is 2.28. The average Bonchev–Trinajstić information content (AvgIpc) is 2.39. The predicted molar refractivity (Wildman–Crippen MR) is 76.2 cm³/mol. The number of hydrogen-bond acceptors (Lipinski definition) is 4. The third kappa shape index (κ3) is 3.23. The number of nitrogens with zero attached hydrogens (tertiary/aromatic N) is 2. The lowest BCUT2D eigenvalue weighted by molar-refractivity contribution is 0.755. The molecule has 0 bridgehead atoms. The Hall–Kier alpha value is -1.55. The lowest BCUT2D eigenvalue weighted by Gasteiger charge is -2.09. The summed E-state index contributed by atoms with van der Waals surface area (Å²) >= 11 is 1.66. The van der Waals surface area contributed by atoms with E-state index in [4.69, 9.17) is 0 Å². The molecule has 2 rings (SSSR count). The Morgan fingerprint density at radius 2 is 1.83 bits per heavy atom. The molecule has 0 aliphatic rings. The minimum atomic E-state index is 0.327. The van der Waals surface area contributed by atoms with Crippen LogP contribution in [0.25, 0.3) is 0 Å². The van der Waals surface area contributed by atoms with Crippen molar-refractivity contribution in [2.75, 3.05) is 12.4 Å². The van der Waals surface area contributed by atoms with Gasteiger partial charge in [0.25, 0.3) is 0 Å². The molecule has 0 aliphatic heterocycles. The molecule has 0 atom stereocenters. The highest BCUT2D eigenvalue weighted by atomic mass is 32.2. The number of anilines is 1. The molecule has 0 fully saturated rings. The van der Waals surface area contributed by atoms with E-state index in [0.29, 0.717) is 5.92 Å². The summed E-state index contributed by atoms with van der Waals surface area (Å²) in [4.78, 5) is 10.2. The minimum Gasteiger partial charge on any atom is -0.373 e. The van der Waals surface area contributed by atoms with Crippen LogP contribution >= 0.6 is 11.8 Å². The van der Waals surface area contributed by atoms with E-state index in [1.807, 2.05) is 31.3 Å². The lowest BCUT2D eigenvalue weighted by Crippen LogP contribution is -2.02. The average molecular weight is 259 g/mol. The smallest absolute Gasteiger partial charge is 0.134 e. The quantitative estimate of drug-likeness (QED) is 0.848. The molecule has 1 heterocycles. The van der Waals surface area contributed by atoms with Gasteiger partial charge >= 0.3 is 0 Å². The zero-order valence-corrected chi connectivity index (χ0v) is 11.7. The summed E-state index contributed by atoms with van der Waals surface area (Å²) in [7, 11) is 1.88. The van der Waals surface area contributed by atoms with E-state index in [0.717, 1.165) is 16.7 Å². The lowest BCUT2D eigenvalue weighted by atomic mass is 10.2. The van der Waals surface area contributed by atoms with Crippen LogP contribution in [0.15, 0.2) is 46.3 Å². The standard InChI is InChI=1S/C14H17N3S/c1-10(2)14-16-12(15-3)9-13(17-14)18-11-7-5-4-6-8-11/h4-10H,1-3H3,(H,15,16,17). The molecule has 0 aliphatic carbocycles. The van der Waals surface area contributed by atoms with Gasteiger partial charge in [-0.25, -0.2) is 9.97 Å². The number of nitrogens with one attached hydrogen (secondary N) is 1. The summed E-state index contributed by atoms with van der Waals surface area (Å²) in [6.07, 6.45) is 0. The highest BCUT2D eigenvalue weighted by molar-refractivity contribution is 7.99. The second-order valence-electron chi connectivity index (χ2n) is 4.27. The number of hydrogen-bond donors (Lipinski definition) is 1. The fourth-order valence-corrected chi connectivity index (χ4v) is 2.34. The Balaban J connectivity index is 2.30. The molecule has 94 valence electrons. The van der Waals surface area contributed by atoms with Gasteiger partial charge in [0.2, 0.25) is 0 Å². The molecule has 0 saturated carbocycles. The Bertz CT molecular complexity index is 512. The molecular formula is C14H17N3S. The Kier molecular flexibility index (Phi) is 4.20. The molecule has 0 saturated heterocycles. The van der Waals surface area contributed by atoms with Crippen LogP contribution in [0.3, 0.4) is 0 Å². The summed E-state index contributed by atoms with van der Waals surface area (Å²) in [6.45, 7) is 4.21. The molecule has 4 heteroatoms. The topological polar surface area (TPSA) is 37.8 Å². The van der Waals surface area contributed by atoms with Gasteiger partial charge in [-0.2, -0.15) is 0 Å². The van der Waals surface area contributed by atoms with Crippen molar-refractivity contribution in [3.05, 3.63) is 42.2 Å². The van der Waals surface area contributed by atoms with E-state index in [1.165, 1.54) is 4.90 Å². The van der Waals surface area contributed by atoms with Crippen molar-refractivity contribution in [2.45, 2.75) is 29.7 Å². The van der Waals surface area contributed by atoms with Gasteiger partial charge in [0.15, 0.2) is 0 Å². The van der Waals surface area contributed by atoms with Gasteiger partial charge in [0.05, 0.1) is 0 Å². The Labute approximate surface area is 112 Å². The molecule has 18 heavy (non-hydrogen) atoms. The van der Waals surface area contributed by atoms with Crippen LogP contribution in [0.1, 0.15) is 25.6 Å². The fourth-order valence-electron chi connectivity index (χ4n) is 1.49. The molecule has 1 aromatic heterocycles. The summed E-state index contributed by atoms with van der Waals surface area (Å²) < 4.78 is 0. The number of aromatic nitrogens is 2. The molecule has 0 unspecified atom stereocenters. The monoisotopic (exact) mass is 259 g/mol. The van der Waals surface area contributed by atoms with E-state index >= 15 is 0 Å². The van der Waals surface area contributed by atoms with Crippen LogP contribution in [0, 0.1) is 0 Å². The first kappa shape index (κ1) is 12.9. The number of rotatable bonds is 4. The third-order valence-electron chi connectivity index (χ3n) is 2.46. The maximum Gasteiger partial charge on any atom is 0.134 e. The van der Waals surface area contributed by atoms with Crippen molar-refractivity contribution in [3.63, 3.8) is 0 Å². The molecule has 1 aromatic carbocycles. The van der Waals surface area contributed by atoms with Crippen molar-refractivity contribution >= 4 is 17.6 Å². The second kappa shape index (κ2) is 5.87. The van der Waals surface area contributed by atoms with Crippen molar-refractivity contribution < 1.29 is 0 Å². The Morgan fingerprint density at radius 3 is 2.44 bits per heavy atom. The van der Waals surface area contributed by atoms with Gasteiger partial charge in [-0.05, 0) is 12.1 Å². The SMILES string of the molecule is CNc1cc(Sc2ccccc2)nc(C(C)C)n1. The van der Waals surface area contributed by atoms with Gasteiger partial charge in [-0.1, -0.05) is 43.8 Å². The van der Waals surface area contributed by atoms with Crippen LogP contribution in [0.4, 0.5) is 5.82 Å². The van der Waals surface area contributed by atoms with E-state index in [2.05, 4.69) is 41.3 Å². The molecule has 0 spiro atoms. The summed E-state index contributed by atoms with van der Waals surface area (Å²) in [6, 6.07) is 12.2. The van der Waals surface area contributed by atoms with E-state index in [9.17, 15) is 0 Å². The normalized spacial score (nSPS) is 10.7. The first-order valence-electron chi connectivity index (χ1n) is 5.98. The summed E-state index contributed by atoms with van der Waals surface area (Å²) in [5, 5.41) is 4.06. The molecular weight excluding hydrogens is 242 g/mol. The van der Waals surface area contributed by atoms with Crippen LogP contribution in [0.5, 0.6) is 0 Å². The first-order chi connectivity index (χ1) is 8.69. The van der Waals surface area contributed by atoms with Crippen molar-refractivity contribution in [3.8, 4) is 0 Å². The first-order valence-corrected chi connectivity index (χ1v) is 6.80. The molecule has 2 aromatic rings. The van der Waals surface area contributed by atoms with Gasteiger partial charge in [-0.15, -0.1) is 0 Å². The second-order valence-corrected chi connectivity index (χ2v) is 5.36. The minimum absolute atomic E-state index is 0.327. The maximum atomic E-state index is 4.59. The summed E-state index contributed by atoms with van der Waals surface area (Å²) in [5.41, 5.74) is 0. The maximum absolute atomic E-state index is 4.59. The largest absolute Gasteiger partial charge is 0.373 e. The van der Waals surface area contributed by atoms with E-state index < -0.39 is 0 Å². The van der Waals surface area contributed by atoms with E-state index in [1.54, 1.807) is 11.8 Å². The highest BCUT2D eigenvalue weighted by Gasteiger charge is 2.08. The molecule has 0 radical (unpaired) electrons. The Morgan fingerprint density at radius 1 is 1.11 bits per heavy atom. The van der Waals surface area contributed by atoms with Crippen LogP contribution in [-0.4, -0.2) is 17.0 Å². The summed E-state index contributed by atoms with van der Waals surface area (Å²) in [5.74, 6) is 2.07. The zero-order chi connectivity index (χ0) is 13.0. The molecule has 1 N–H and O–H groups in total. The molecule has 0 amide bonds. The van der Waals surface area contributed by atoms with Crippen LogP contribution in [-0.2, 0) is 0 Å². The van der Waals surface area contributed by atoms with Crippen molar-refractivity contribution in [1.29, 1.82) is 0 Å². The van der Waals surface area contributed by atoms with Crippen molar-refractivity contribution in [1.82, 2.24) is 9.97 Å². The van der Waals surface area contributed by atoms with Crippen LogP contribution in [0.2, 0.25) is 0 Å². The predicted octanol–water partition coefficient (Wildman–Crippen LogP) is 3.79. The van der Waals surface area contributed by atoms with Gasteiger partial charge < -0.3 is 5.32 Å².